The lowest BCUT2D eigenvalue weighted by molar-refractivity contribution is -0.385. The molecular weight excluding hydrogens is 276 g/mol. The van der Waals surface area contributed by atoms with Crippen LogP contribution in [0.1, 0.15) is 32.4 Å². The van der Waals surface area contributed by atoms with E-state index in [0.717, 1.165) is 0 Å². The molecule has 7 nitrogen and oxygen atoms in total. The van der Waals surface area contributed by atoms with E-state index in [4.69, 9.17) is 4.74 Å². The van der Waals surface area contributed by atoms with E-state index < -0.39 is 11.0 Å². The maximum absolute atomic E-state index is 11.6. The molecule has 116 valence electrons. The first-order valence-electron chi connectivity index (χ1n) is 6.67. The molecule has 0 bridgehead atoms. The van der Waals surface area contributed by atoms with E-state index in [1.807, 2.05) is 13.8 Å². The molecule has 1 aromatic carbocycles. The molecule has 0 spiro atoms. The molecule has 21 heavy (non-hydrogen) atoms. The topological polar surface area (TPSA) is 102 Å². The number of nitrogens with zero attached hydrogens (tertiary/aromatic N) is 1. The zero-order chi connectivity index (χ0) is 16.0. The van der Waals surface area contributed by atoms with Gasteiger partial charge in [-0.15, -0.1) is 0 Å². The molecular formula is C14H20N2O5. The SMILES string of the molecule is CC(C)CNC(=O)COc1ccc([N+](=O)[O-])cc1[C@@H](C)O. The van der Waals surface area contributed by atoms with Crippen molar-refractivity contribution in [3.05, 3.63) is 33.9 Å². The molecule has 0 saturated heterocycles. The predicted molar refractivity (Wildman–Crippen MR) is 77.1 cm³/mol. The number of non-ortho nitro benzene ring substituents is 1. The monoisotopic (exact) mass is 296 g/mol. The van der Waals surface area contributed by atoms with Gasteiger partial charge in [-0.25, -0.2) is 0 Å². The van der Waals surface area contributed by atoms with Crippen LogP contribution in [0.2, 0.25) is 0 Å². The maximum Gasteiger partial charge on any atom is 0.270 e. The molecule has 1 amide bonds. The average molecular weight is 296 g/mol. The second-order valence-electron chi connectivity index (χ2n) is 5.14. The van der Waals surface area contributed by atoms with E-state index >= 15 is 0 Å². The number of aliphatic hydroxyl groups is 1. The first kappa shape index (κ1) is 16.9. The summed E-state index contributed by atoms with van der Waals surface area (Å²) < 4.78 is 5.33. The molecule has 1 aromatic rings. The van der Waals surface area contributed by atoms with Crippen molar-refractivity contribution in [3.8, 4) is 5.75 Å². The summed E-state index contributed by atoms with van der Waals surface area (Å²) in [5.74, 6) is 0.315. The summed E-state index contributed by atoms with van der Waals surface area (Å²) in [6.07, 6.45) is -0.932. The number of carbonyl (C=O) groups excluding carboxylic acids is 1. The third-order valence-corrected chi connectivity index (χ3v) is 2.72. The quantitative estimate of drug-likeness (QED) is 0.590. The Morgan fingerprint density at radius 3 is 2.62 bits per heavy atom. The maximum atomic E-state index is 11.6. The zero-order valence-corrected chi connectivity index (χ0v) is 12.3. The molecule has 1 atom stereocenters. The van der Waals surface area contributed by atoms with Crippen molar-refractivity contribution in [3.63, 3.8) is 0 Å². The van der Waals surface area contributed by atoms with Crippen molar-refractivity contribution in [1.29, 1.82) is 0 Å². The van der Waals surface area contributed by atoms with E-state index in [1.165, 1.54) is 25.1 Å². The number of carbonyl (C=O) groups is 1. The van der Waals surface area contributed by atoms with Gasteiger partial charge < -0.3 is 15.2 Å². The van der Waals surface area contributed by atoms with Crippen LogP contribution in [0.3, 0.4) is 0 Å². The van der Waals surface area contributed by atoms with Crippen molar-refractivity contribution < 1.29 is 19.6 Å². The minimum Gasteiger partial charge on any atom is -0.483 e. The lowest BCUT2D eigenvalue weighted by Gasteiger charge is -2.13. The Kier molecular flexibility index (Phi) is 6.10. The Morgan fingerprint density at radius 2 is 2.10 bits per heavy atom. The minimum atomic E-state index is -0.932. The van der Waals surface area contributed by atoms with Crippen molar-refractivity contribution in [2.75, 3.05) is 13.2 Å². The van der Waals surface area contributed by atoms with Crippen molar-refractivity contribution in [2.24, 2.45) is 5.92 Å². The number of aliphatic hydroxyl groups excluding tert-OH is 1. The molecule has 0 aliphatic carbocycles. The Bertz CT molecular complexity index is 514. The van der Waals surface area contributed by atoms with Crippen LogP contribution < -0.4 is 10.1 Å². The normalized spacial score (nSPS) is 12.0. The average Bonchev–Trinajstić information content (AvgIpc) is 2.42. The van der Waals surface area contributed by atoms with Crippen LogP contribution in [0.15, 0.2) is 18.2 Å². The number of hydrogen-bond donors (Lipinski definition) is 2. The van der Waals surface area contributed by atoms with E-state index in [1.54, 1.807) is 0 Å². The lowest BCUT2D eigenvalue weighted by atomic mass is 10.1. The highest BCUT2D eigenvalue weighted by molar-refractivity contribution is 5.77. The van der Waals surface area contributed by atoms with Crippen LogP contribution in [0, 0.1) is 16.0 Å². The molecule has 1 rings (SSSR count). The highest BCUT2D eigenvalue weighted by Crippen LogP contribution is 2.29. The second-order valence-corrected chi connectivity index (χ2v) is 5.14. The summed E-state index contributed by atoms with van der Waals surface area (Å²) in [6.45, 7) is 5.77. The van der Waals surface area contributed by atoms with Gasteiger partial charge in [-0.1, -0.05) is 13.8 Å². The largest absolute Gasteiger partial charge is 0.483 e. The Hall–Kier alpha value is -2.15. The van der Waals surface area contributed by atoms with Gasteiger partial charge in [-0.05, 0) is 18.9 Å². The van der Waals surface area contributed by atoms with Gasteiger partial charge in [0.2, 0.25) is 0 Å². The molecule has 0 heterocycles. The zero-order valence-electron chi connectivity index (χ0n) is 12.3. The summed E-state index contributed by atoms with van der Waals surface area (Å²) >= 11 is 0. The van der Waals surface area contributed by atoms with Gasteiger partial charge in [-0.2, -0.15) is 0 Å². The van der Waals surface area contributed by atoms with E-state index in [2.05, 4.69) is 5.32 Å². The van der Waals surface area contributed by atoms with Gasteiger partial charge in [0.15, 0.2) is 6.61 Å². The standard InChI is InChI=1S/C14H20N2O5/c1-9(2)7-15-14(18)8-21-13-5-4-11(16(19)20)6-12(13)10(3)17/h4-6,9-10,17H,7-8H2,1-3H3,(H,15,18)/t10-/m1/s1. The van der Waals surface area contributed by atoms with Crippen molar-refractivity contribution >= 4 is 11.6 Å². The fourth-order valence-electron chi connectivity index (χ4n) is 1.62. The number of benzene rings is 1. The number of ether oxygens (including phenoxy) is 1. The van der Waals surface area contributed by atoms with Gasteiger partial charge in [0.1, 0.15) is 5.75 Å². The predicted octanol–water partition coefficient (Wildman–Crippen LogP) is 1.80. The van der Waals surface area contributed by atoms with Crippen LogP contribution >= 0.6 is 0 Å². The Morgan fingerprint density at radius 1 is 1.43 bits per heavy atom. The Labute approximate surface area is 123 Å². The number of nitro benzene ring substituents is 1. The van der Waals surface area contributed by atoms with Crippen LogP contribution in [-0.4, -0.2) is 29.1 Å². The second kappa shape index (κ2) is 7.58. The highest BCUT2D eigenvalue weighted by atomic mass is 16.6. The summed E-state index contributed by atoms with van der Waals surface area (Å²) in [5.41, 5.74) is 0.142. The summed E-state index contributed by atoms with van der Waals surface area (Å²) in [6, 6.07) is 3.90. The fourth-order valence-corrected chi connectivity index (χ4v) is 1.62. The molecule has 0 aliphatic rings. The summed E-state index contributed by atoms with van der Waals surface area (Å²) in [4.78, 5) is 21.7. The smallest absolute Gasteiger partial charge is 0.270 e. The summed E-state index contributed by atoms with van der Waals surface area (Å²) in [7, 11) is 0. The molecule has 0 fully saturated rings. The van der Waals surface area contributed by atoms with E-state index in [9.17, 15) is 20.0 Å². The van der Waals surface area contributed by atoms with Gasteiger partial charge in [0.05, 0.1) is 11.0 Å². The molecule has 0 unspecified atom stereocenters. The van der Waals surface area contributed by atoms with Crippen LogP contribution in [0.4, 0.5) is 5.69 Å². The molecule has 0 saturated carbocycles. The van der Waals surface area contributed by atoms with Crippen molar-refractivity contribution in [1.82, 2.24) is 5.32 Å². The molecule has 7 heteroatoms. The third-order valence-electron chi connectivity index (χ3n) is 2.72. The van der Waals surface area contributed by atoms with Crippen molar-refractivity contribution in [2.45, 2.75) is 26.9 Å². The number of hydrogen-bond acceptors (Lipinski definition) is 5. The minimum absolute atomic E-state index is 0.137. The van der Waals surface area contributed by atoms with Crippen LogP contribution in [-0.2, 0) is 4.79 Å². The molecule has 0 radical (unpaired) electrons. The van der Waals surface area contributed by atoms with E-state index in [0.29, 0.717) is 12.5 Å². The third kappa shape index (κ3) is 5.39. The number of rotatable bonds is 7. The van der Waals surface area contributed by atoms with Crippen LogP contribution in [0.25, 0.3) is 0 Å². The number of amides is 1. The van der Waals surface area contributed by atoms with Gasteiger partial charge in [0, 0.05) is 24.2 Å². The van der Waals surface area contributed by atoms with Crippen LogP contribution in [0.5, 0.6) is 5.75 Å². The van der Waals surface area contributed by atoms with Gasteiger partial charge in [0.25, 0.3) is 11.6 Å². The molecule has 0 aromatic heterocycles. The molecule has 0 aliphatic heterocycles. The van der Waals surface area contributed by atoms with E-state index in [-0.39, 0.29) is 29.5 Å². The fraction of sp³-hybridized carbons (Fsp3) is 0.500. The first-order chi connectivity index (χ1) is 9.81. The summed E-state index contributed by atoms with van der Waals surface area (Å²) in [5, 5.41) is 23.1. The Balaban J connectivity index is 2.74. The number of nitrogens with one attached hydrogen (secondary N) is 1. The molecule has 2 N–H and O–H groups in total. The lowest BCUT2D eigenvalue weighted by Crippen LogP contribution is -2.31. The van der Waals surface area contributed by atoms with Gasteiger partial charge in [-0.3, -0.25) is 14.9 Å². The number of nitro groups is 1. The first-order valence-corrected chi connectivity index (χ1v) is 6.67. The highest BCUT2D eigenvalue weighted by Gasteiger charge is 2.16. The van der Waals surface area contributed by atoms with Gasteiger partial charge >= 0.3 is 0 Å².